The molecule has 1 aromatic carbocycles. The Balaban J connectivity index is 2.00. The molecule has 0 spiro atoms. The first-order valence-corrected chi connectivity index (χ1v) is 5.97. The van der Waals surface area contributed by atoms with E-state index in [1.807, 2.05) is 0 Å². The highest BCUT2D eigenvalue weighted by atomic mass is 19.1. The standard InChI is InChI=1S/C14H12FN3O/c15-10-4-3-9-5-7-18(12(9)8-10)14(19)13-11(16)2-1-6-17-13/h1-4,6,8H,5,7,16H2. The van der Waals surface area contributed by atoms with Gasteiger partial charge in [0.25, 0.3) is 5.91 Å². The molecule has 2 aromatic rings. The quantitative estimate of drug-likeness (QED) is 0.850. The van der Waals surface area contributed by atoms with Crippen molar-refractivity contribution in [2.45, 2.75) is 6.42 Å². The monoisotopic (exact) mass is 257 g/mol. The predicted octanol–water partition coefficient (Wildman–Crippen LogP) is 2.01. The van der Waals surface area contributed by atoms with Crippen LogP contribution >= 0.6 is 0 Å². The number of halogens is 1. The maximum Gasteiger partial charge on any atom is 0.279 e. The fraction of sp³-hybridized carbons (Fsp3) is 0.143. The average Bonchev–Trinajstić information content (AvgIpc) is 2.81. The minimum atomic E-state index is -0.354. The van der Waals surface area contributed by atoms with Gasteiger partial charge >= 0.3 is 0 Å². The molecule has 0 aliphatic carbocycles. The van der Waals surface area contributed by atoms with Crippen LogP contribution in [0.15, 0.2) is 36.5 Å². The highest BCUT2D eigenvalue weighted by molar-refractivity contribution is 6.08. The number of nitrogens with two attached hydrogens (primary N) is 1. The van der Waals surface area contributed by atoms with Gasteiger partial charge in [0.15, 0.2) is 5.69 Å². The van der Waals surface area contributed by atoms with E-state index in [1.165, 1.54) is 23.2 Å². The summed E-state index contributed by atoms with van der Waals surface area (Å²) < 4.78 is 13.3. The third-order valence-corrected chi connectivity index (χ3v) is 3.23. The van der Waals surface area contributed by atoms with Crippen LogP contribution in [0.5, 0.6) is 0 Å². The van der Waals surface area contributed by atoms with E-state index in [0.717, 1.165) is 5.56 Å². The number of pyridine rings is 1. The topological polar surface area (TPSA) is 59.2 Å². The second-order valence-electron chi connectivity index (χ2n) is 4.42. The summed E-state index contributed by atoms with van der Waals surface area (Å²) in [5.74, 6) is -0.644. The van der Waals surface area contributed by atoms with Crippen molar-refractivity contribution in [3.63, 3.8) is 0 Å². The third kappa shape index (κ3) is 1.93. The number of rotatable bonds is 1. The van der Waals surface area contributed by atoms with Crippen molar-refractivity contribution in [2.24, 2.45) is 0 Å². The molecule has 0 unspecified atom stereocenters. The Bertz CT molecular complexity index is 657. The van der Waals surface area contributed by atoms with Gasteiger partial charge in [0.05, 0.1) is 11.4 Å². The zero-order chi connectivity index (χ0) is 13.4. The van der Waals surface area contributed by atoms with Crippen LogP contribution in [-0.4, -0.2) is 17.4 Å². The highest BCUT2D eigenvalue weighted by Crippen LogP contribution is 2.30. The van der Waals surface area contributed by atoms with Crippen molar-refractivity contribution in [1.29, 1.82) is 0 Å². The van der Waals surface area contributed by atoms with Gasteiger partial charge in [-0.25, -0.2) is 9.37 Å². The summed E-state index contributed by atoms with van der Waals surface area (Å²) in [6, 6.07) is 7.79. The maximum absolute atomic E-state index is 13.3. The van der Waals surface area contributed by atoms with Crippen molar-refractivity contribution in [2.75, 3.05) is 17.2 Å². The van der Waals surface area contributed by atoms with E-state index in [1.54, 1.807) is 18.2 Å². The number of anilines is 2. The van der Waals surface area contributed by atoms with Gasteiger partial charge in [0, 0.05) is 12.7 Å². The minimum absolute atomic E-state index is 0.208. The van der Waals surface area contributed by atoms with Crippen molar-refractivity contribution < 1.29 is 9.18 Å². The highest BCUT2D eigenvalue weighted by Gasteiger charge is 2.27. The van der Waals surface area contributed by atoms with Gasteiger partial charge in [0.2, 0.25) is 0 Å². The molecular weight excluding hydrogens is 245 g/mol. The molecule has 2 heterocycles. The van der Waals surface area contributed by atoms with Gasteiger partial charge in [0.1, 0.15) is 5.82 Å². The molecule has 4 nitrogen and oxygen atoms in total. The van der Waals surface area contributed by atoms with Crippen molar-refractivity contribution in [3.8, 4) is 0 Å². The van der Waals surface area contributed by atoms with Gasteiger partial charge in [-0.2, -0.15) is 0 Å². The second-order valence-corrected chi connectivity index (χ2v) is 4.42. The Hall–Kier alpha value is -2.43. The van der Waals surface area contributed by atoms with Gasteiger partial charge < -0.3 is 10.6 Å². The molecule has 0 saturated heterocycles. The zero-order valence-corrected chi connectivity index (χ0v) is 10.1. The lowest BCUT2D eigenvalue weighted by molar-refractivity contribution is 0.0985. The fourth-order valence-corrected chi connectivity index (χ4v) is 2.29. The molecule has 19 heavy (non-hydrogen) atoms. The Morgan fingerprint density at radius 3 is 3.00 bits per heavy atom. The molecule has 0 radical (unpaired) electrons. The molecule has 3 rings (SSSR count). The Morgan fingerprint density at radius 1 is 1.37 bits per heavy atom. The largest absolute Gasteiger partial charge is 0.397 e. The number of amides is 1. The number of aromatic nitrogens is 1. The first-order valence-electron chi connectivity index (χ1n) is 5.97. The van der Waals surface area contributed by atoms with Crippen molar-refractivity contribution >= 4 is 17.3 Å². The summed E-state index contributed by atoms with van der Waals surface area (Å²) in [6.45, 7) is 0.521. The van der Waals surface area contributed by atoms with Crippen LogP contribution in [0.3, 0.4) is 0 Å². The van der Waals surface area contributed by atoms with Crippen LogP contribution in [0.1, 0.15) is 16.1 Å². The summed E-state index contributed by atoms with van der Waals surface area (Å²) in [6.07, 6.45) is 2.24. The van der Waals surface area contributed by atoms with E-state index in [4.69, 9.17) is 5.73 Å². The molecule has 2 N–H and O–H groups in total. The number of nitrogens with zero attached hydrogens (tertiary/aromatic N) is 2. The maximum atomic E-state index is 13.3. The molecule has 0 atom stereocenters. The first-order chi connectivity index (χ1) is 9.16. The Labute approximate surface area is 109 Å². The van der Waals surface area contributed by atoms with Crippen LogP contribution in [0, 0.1) is 5.82 Å². The normalized spacial score (nSPS) is 13.4. The summed E-state index contributed by atoms with van der Waals surface area (Å²) in [5, 5.41) is 0. The van der Waals surface area contributed by atoms with Gasteiger partial charge in [-0.15, -0.1) is 0 Å². The molecule has 1 amide bonds. The fourth-order valence-electron chi connectivity index (χ4n) is 2.29. The molecule has 96 valence electrons. The predicted molar refractivity (Wildman–Crippen MR) is 70.4 cm³/mol. The lowest BCUT2D eigenvalue weighted by Crippen LogP contribution is -2.30. The van der Waals surface area contributed by atoms with E-state index in [2.05, 4.69) is 4.98 Å². The summed E-state index contributed by atoms with van der Waals surface area (Å²) >= 11 is 0. The lowest BCUT2D eigenvalue weighted by atomic mass is 10.1. The van der Waals surface area contributed by atoms with E-state index in [0.29, 0.717) is 24.3 Å². The molecule has 0 fully saturated rings. The molecule has 0 saturated carbocycles. The molecular formula is C14H12FN3O. The number of benzene rings is 1. The SMILES string of the molecule is Nc1cccnc1C(=O)N1CCc2ccc(F)cc21. The van der Waals surface area contributed by atoms with Gasteiger partial charge in [-0.3, -0.25) is 4.79 Å². The van der Waals surface area contributed by atoms with Crippen molar-refractivity contribution in [3.05, 3.63) is 53.6 Å². The third-order valence-electron chi connectivity index (χ3n) is 3.23. The number of fused-ring (bicyclic) bond motifs is 1. The number of hydrogen-bond donors (Lipinski definition) is 1. The Morgan fingerprint density at radius 2 is 2.21 bits per heavy atom. The first kappa shape index (κ1) is 11.6. The van der Waals surface area contributed by atoms with E-state index >= 15 is 0 Å². The summed E-state index contributed by atoms with van der Waals surface area (Å²) in [5.41, 5.74) is 7.86. The number of carbonyl (C=O) groups excluding carboxylic acids is 1. The second kappa shape index (κ2) is 4.35. The van der Waals surface area contributed by atoms with Gasteiger partial charge in [-0.1, -0.05) is 6.07 Å². The zero-order valence-electron chi connectivity index (χ0n) is 10.1. The van der Waals surface area contributed by atoms with E-state index in [-0.39, 0.29) is 17.4 Å². The number of carbonyl (C=O) groups is 1. The molecule has 1 aromatic heterocycles. The van der Waals surface area contributed by atoms with E-state index < -0.39 is 0 Å². The molecule has 1 aliphatic rings. The van der Waals surface area contributed by atoms with Gasteiger partial charge in [-0.05, 0) is 36.2 Å². The minimum Gasteiger partial charge on any atom is -0.397 e. The molecule has 1 aliphatic heterocycles. The van der Waals surface area contributed by atoms with Crippen LogP contribution in [-0.2, 0) is 6.42 Å². The molecule has 5 heteroatoms. The molecule has 0 bridgehead atoms. The lowest BCUT2D eigenvalue weighted by Gasteiger charge is -2.17. The number of hydrogen-bond acceptors (Lipinski definition) is 3. The van der Waals surface area contributed by atoms with Crippen LogP contribution in [0.4, 0.5) is 15.8 Å². The average molecular weight is 257 g/mol. The summed E-state index contributed by atoms with van der Waals surface area (Å²) in [4.78, 5) is 17.9. The van der Waals surface area contributed by atoms with Crippen LogP contribution in [0.2, 0.25) is 0 Å². The van der Waals surface area contributed by atoms with Crippen LogP contribution < -0.4 is 10.6 Å². The Kier molecular flexibility index (Phi) is 2.67. The summed E-state index contributed by atoms with van der Waals surface area (Å²) in [7, 11) is 0. The van der Waals surface area contributed by atoms with Crippen LogP contribution in [0.25, 0.3) is 0 Å². The smallest absolute Gasteiger partial charge is 0.279 e. The number of nitrogen functional groups attached to an aromatic ring is 1. The van der Waals surface area contributed by atoms with E-state index in [9.17, 15) is 9.18 Å². The van der Waals surface area contributed by atoms with Crippen molar-refractivity contribution in [1.82, 2.24) is 4.98 Å².